The second kappa shape index (κ2) is 10.9. The molecule has 1 aliphatic carbocycles. The monoisotopic (exact) mass is 363 g/mol. The second-order valence-electron chi connectivity index (χ2n) is 7.95. The first kappa shape index (κ1) is 21.2. The highest BCUT2D eigenvalue weighted by atomic mass is 16.5. The molecule has 26 heavy (non-hydrogen) atoms. The van der Waals surface area contributed by atoms with E-state index in [4.69, 9.17) is 10.5 Å². The minimum atomic E-state index is -0.903. The third-order valence-electron chi connectivity index (χ3n) is 5.60. The maximum atomic E-state index is 9.55. The van der Waals surface area contributed by atoms with Gasteiger partial charge in [-0.1, -0.05) is 45.1 Å². The molecule has 2 rings (SSSR count). The fraction of sp³-hybridized carbons (Fsp3) is 0.727. The molecule has 0 fully saturated rings. The summed E-state index contributed by atoms with van der Waals surface area (Å²) in [6.45, 7) is 2.64. The van der Waals surface area contributed by atoms with Gasteiger partial charge in [-0.05, 0) is 61.3 Å². The van der Waals surface area contributed by atoms with Crippen molar-refractivity contribution >= 4 is 0 Å². The quantitative estimate of drug-likeness (QED) is 0.411. The van der Waals surface area contributed by atoms with Gasteiger partial charge in [-0.25, -0.2) is 0 Å². The van der Waals surface area contributed by atoms with E-state index in [1.807, 2.05) is 0 Å². The summed E-state index contributed by atoms with van der Waals surface area (Å²) in [5, 5.41) is 19.1. The molecular weight excluding hydrogens is 326 g/mol. The van der Waals surface area contributed by atoms with Crippen LogP contribution in [0.3, 0.4) is 0 Å². The minimum Gasteiger partial charge on any atom is -0.494 e. The number of nitrogens with two attached hydrogens (primary N) is 1. The summed E-state index contributed by atoms with van der Waals surface area (Å²) in [5.74, 6) is 1.25. The van der Waals surface area contributed by atoms with Gasteiger partial charge in [-0.2, -0.15) is 0 Å². The van der Waals surface area contributed by atoms with E-state index in [0.29, 0.717) is 12.3 Å². The molecule has 0 spiro atoms. The summed E-state index contributed by atoms with van der Waals surface area (Å²) < 4.78 is 5.97. The summed E-state index contributed by atoms with van der Waals surface area (Å²) in [7, 11) is 0. The van der Waals surface area contributed by atoms with Crippen LogP contribution in [0.15, 0.2) is 18.2 Å². The molecule has 0 radical (unpaired) electrons. The lowest BCUT2D eigenvalue weighted by molar-refractivity contribution is 0.107. The van der Waals surface area contributed by atoms with E-state index in [9.17, 15) is 10.2 Å². The number of fused-ring (bicyclic) bond motifs is 1. The largest absolute Gasteiger partial charge is 0.494 e. The molecule has 0 heterocycles. The van der Waals surface area contributed by atoms with Gasteiger partial charge in [-0.3, -0.25) is 0 Å². The SMILES string of the molecule is CCCCCCCOc1ccc2c(c1)CCCC[C@H]2CC(N)(CO)CO. The Morgan fingerprint density at radius 3 is 2.62 bits per heavy atom. The summed E-state index contributed by atoms with van der Waals surface area (Å²) in [6, 6.07) is 6.43. The minimum absolute atomic E-state index is 0.186. The highest BCUT2D eigenvalue weighted by Crippen LogP contribution is 2.37. The number of unbranched alkanes of at least 4 members (excludes halogenated alkanes) is 4. The van der Waals surface area contributed by atoms with Crippen LogP contribution in [0.1, 0.15) is 81.8 Å². The van der Waals surface area contributed by atoms with Crippen molar-refractivity contribution in [2.24, 2.45) is 5.73 Å². The molecule has 0 aliphatic heterocycles. The van der Waals surface area contributed by atoms with Crippen molar-refractivity contribution in [2.75, 3.05) is 19.8 Å². The number of benzene rings is 1. The lowest BCUT2D eigenvalue weighted by Gasteiger charge is -2.30. The highest BCUT2D eigenvalue weighted by molar-refractivity contribution is 5.39. The lowest BCUT2D eigenvalue weighted by Crippen LogP contribution is -2.48. The number of hydrogen-bond donors (Lipinski definition) is 3. The number of aliphatic hydroxyl groups excluding tert-OH is 2. The molecule has 1 aromatic rings. The van der Waals surface area contributed by atoms with E-state index in [1.54, 1.807) is 0 Å². The van der Waals surface area contributed by atoms with Crippen LogP contribution >= 0.6 is 0 Å². The van der Waals surface area contributed by atoms with Crippen LogP contribution in [-0.2, 0) is 6.42 Å². The molecule has 0 aromatic heterocycles. The highest BCUT2D eigenvalue weighted by Gasteiger charge is 2.30. The van der Waals surface area contributed by atoms with E-state index in [1.165, 1.54) is 43.2 Å². The van der Waals surface area contributed by atoms with E-state index < -0.39 is 5.54 Å². The first-order valence-electron chi connectivity index (χ1n) is 10.4. The molecule has 0 unspecified atom stereocenters. The van der Waals surface area contributed by atoms with E-state index >= 15 is 0 Å². The van der Waals surface area contributed by atoms with Crippen LogP contribution in [0.4, 0.5) is 0 Å². The zero-order chi connectivity index (χ0) is 18.8. The average Bonchev–Trinajstić information content (AvgIpc) is 2.86. The Morgan fingerprint density at radius 2 is 1.88 bits per heavy atom. The second-order valence-corrected chi connectivity index (χ2v) is 7.95. The summed E-state index contributed by atoms with van der Waals surface area (Å²) in [5.41, 5.74) is 7.91. The molecule has 1 aliphatic rings. The average molecular weight is 364 g/mol. The molecule has 4 nitrogen and oxygen atoms in total. The zero-order valence-corrected chi connectivity index (χ0v) is 16.4. The number of ether oxygens (including phenoxy) is 1. The smallest absolute Gasteiger partial charge is 0.119 e. The van der Waals surface area contributed by atoms with Crippen molar-refractivity contribution in [3.63, 3.8) is 0 Å². The van der Waals surface area contributed by atoms with E-state index in [0.717, 1.165) is 38.0 Å². The predicted octanol–water partition coefficient (Wildman–Crippen LogP) is 3.92. The number of hydrogen-bond acceptors (Lipinski definition) is 4. The molecule has 4 heteroatoms. The van der Waals surface area contributed by atoms with Crippen LogP contribution in [0, 0.1) is 0 Å². The van der Waals surface area contributed by atoms with E-state index in [2.05, 4.69) is 25.1 Å². The molecule has 4 N–H and O–H groups in total. The van der Waals surface area contributed by atoms with Crippen molar-refractivity contribution in [1.29, 1.82) is 0 Å². The summed E-state index contributed by atoms with van der Waals surface area (Å²) in [4.78, 5) is 0. The topological polar surface area (TPSA) is 75.7 Å². The van der Waals surface area contributed by atoms with Crippen molar-refractivity contribution in [3.05, 3.63) is 29.3 Å². The van der Waals surface area contributed by atoms with Gasteiger partial charge in [-0.15, -0.1) is 0 Å². The molecule has 0 saturated heterocycles. The van der Waals surface area contributed by atoms with Gasteiger partial charge in [0.15, 0.2) is 0 Å². The van der Waals surface area contributed by atoms with Gasteiger partial charge in [0.05, 0.1) is 25.4 Å². The van der Waals surface area contributed by atoms with Crippen LogP contribution in [0.5, 0.6) is 5.75 Å². The standard InChI is InChI=1S/C22H37NO3/c1-2-3-4-5-8-13-26-20-11-12-21-18(14-20)9-6-7-10-19(21)15-22(23,16-24)17-25/h11-12,14,19,24-25H,2-10,13,15-17,23H2,1H3/t19-/m0/s1. The van der Waals surface area contributed by atoms with Gasteiger partial charge >= 0.3 is 0 Å². The van der Waals surface area contributed by atoms with Gasteiger partial charge in [0.2, 0.25) is 0 Å². The number of rotatable bonds is 11. The predicted molar refractivity (Wildman–Crippen MR) is 107 cm³/mol. The van der Waals surface area contributed by atoms with Crippen molar-refractivity contribution < 1.29 is 14.9 Å². The van der Waals surface area contributed by atoms with Crippen LogP contribution in [0.25, 0.3) is 0 Å². The van der Waals surface area contributed by atoms with Crippen molar-refractivity contribution in [3.8, 4) is 5.75 Å². The third kappa shape index (κ3) is 6.26. The third-order valence-corrected chi connectivity index (χ3v) is 5.60. The molecule has 0 amide bonds. The maximum Gasteiger partial charge on any atom is 0.119 e. The van der Waals surface area contributed by atoms with Gasteiger partial charge in [0.1, 0.15) is 5.75 Å². The molecule has 0 bridgehead atoms. The Balaban J connectivity index is 1.98. The molecule has 0 saturated carbocycles. The normalized spacial score (nSPS) is 17.6. The van der Waals surface area contributed by atoms with Crippen LogP contribution in [0.2, 0.25) is 0 Å². The first-order valence-corrected chi connectivity index (χ1v) is 10.4. The number of aliphatic hydroxyl groups is 2. The fourth-order valence-electron chi connectivity index (χ4n) is 3.93. The van der Waals surface area contributed by atoms with Gasteiger partial charge < -0.3 is 20.7 Å². The van der Waals surface area contributed by atoms with Crippen LogP contribution < -0.4 is 10.5 Å². The Labute approximate surface area is 158 Å². The van der Waals surface area contributed by atoms with Gasteiger partial charge in [0.25, 0.3) is 0 Å². The molecular formula is C22H37NO3. The van der Waals surface area contributed by atoms with Crippen molar-refractivity contribution in [1.82, 2.24) is 0 Å². The van der Waals surface area contributed by atoms with Gasteiger partial charge in [0, 0.05) is 0 Å². The maximum absolute atomic E-state index is 9.55. The Bertz CT molecular complexity index is 528. The Morgan fingerprint density at radius 1 is 1.12 bits per heavy atom. The van der Waals surface area contributed by atoms with Crippen LogP contribution in [-0.4, -0.2) is 35.6 Å². The number of aryl methyl sites for hydroxylation is 1. The molecule has 148 valence electrons. The fourth-order valence-corrected chi connectivity index (χ4v) is 3.93. The Hall–Kier alpha value is -1.10. The molecule has 1 aromatic carbocycles. The Kier molecular flexibility index (Phi) is 8.89. The summed E-state index contributed by atoms with van der Waals surface area (Å²) in [6.07, 6.45) is 11.3. The van der Waals surface area contributed by atoms with Crippen molar-refractivity contribution in [2.45, 2.75) is 82.6 Å². The first-order chi connectivity index (χ1) is 12.6. The molecule has 1 atom stereocenters. The lowest BCUT2D eigenvalue weighted by atomic mass is 9.82. The summed E-state index contributed by atoms with van der Waals surface area (Å²) >= 11 is 0. The zero-order valence-electron chi connectivity index (χ0n) is 16.4. The van der Waals surface area contributed by atoms with E-state index in [-0.39, 0.29) is 13.2 Å².